The number of rotatable bonds is 3. The number of benzene rings is 1. The molecular weight excluding hydrogens is 288 g/mol. The van der Waals surface area contributed by atoms with E-state index in [1.165, 1.54) is 0 Å². The van der Waals surface area contributed by atoms with Crippen molar-refractivity contribution >= 4 is 7.82 Å². The molecule has 0 saturated carbocycles. The number of ether oxygens (including phenoxy) is 1. The molecule has 0 N–H and O–H groups in total. The van der Waals surface area contributed by atoms with Gasteiger partial charge in [0.2, 0.25) is 0 Å². The Morgan fingerprint density at radius 2 is 1.50 bits per heavy atom. The predicted octanol–water partition coefficient (Wildman–Crippen LogP) is -9.56. The Morgan fingerprint density at radius 1 is 1.11 bits per heavy atom. The topological polar surface area (TPSA) is 95.5 Å². The van der Waals surface area contributed by atoms with Crippen LogP contribution in [0, 0.1) is 0 Å². The van der Waals surface area contributed by atoms with Crippen molar-refractivity contribution in [3.8, 4) is 5.75 Å². The zero-order chi connectivity index (χ0) is 11.7. The van der Waals surface area contributed by atoms with E-state index in [9.17, 15) is 0 Å². The van der Waals surface area contributed by atoms with Crippen molar-refractivity contribution in [3.63, 3.8) is 0 Å². The van der Waals surface area contributed by atoms with Crippen LogP contribution in [-0.2, 0) is 4.57 Å². The van der Waals surface area contributed by atoms with Crippen LogP contribution in [0.1, 0.15) is 0 Å². The molecule has 0 aliphatic heterocycles. The van der Waals surface area contributed by atoms with Gasteiger partial charge in [0.05, 0.1) is 0 Å². The zero-order valence-corrected chi connectivity index (χ0v) is 17.8. The minimum absolute atomic E-state index is 0. The van der Waals surface area contributed by atoms with Gasteiger partial charge in [0.1, 0.15) is 12.4 Å². The molecule has 1 aromatic rings. The summed E-state index contributed by atoms with van der Waals surface area (Å²) in [6.07, 6.45) is 1.73. The van der Waals surface area contributed by atoms with Crippen molar-refractivity contribution in [2.45, 2.75) is 0 Å². The maximum atomic E-state index is 8.55. The summed E-state index contributed by atoms with van der Waals surface area (Å²) < 4.78 is 13.8. The van der Waals surface area contributed by atoms with Crippen molar-refractivity contribution in [3.05, 3.63) is 43.0 Å². The van der Waals surface area contributed by atoms with Gasteiger partial charge < -0.3 is 24.0 Å². The van der Waals surface area contributed by atoms with Crippen LogP contribution < -0.4 is 108 Å². The molecule has 0 spiro atoms. The Balaban J connectivity index is -0.000000109. The second-order valence-corrected chi connectivity index (χ2v) is 3.25. The first-order valence-corrected chi connectivity index (χ1v) is 5.41. The molecule has 0 aromatic heterocycles. The van der Waals surface area contributed by atoms with Gasteiger partial charge in [-0.05, 0) is 12.1 Å². The predicted molar refractivity (Wildman–Crippen MR) is 49.7 cm³/mol. The third-order valence-electron chi connectivity index (χ3n) is 1.11. The molecule has 84 valence electrons. The SMILES string of the molecule is C=CCOc1ccccc1.O=P([O-])([O-])[O-].[Na+].[Na+].[Na+]. The van der Waals surface area contributed by atoms with Gasteiger partial charge in [-0.2, -0.15) is 7.82 Å². The summed E-state index contributed by atoms with van der Waals surface area (Å²) in [5.41, 5.74) is 0. The maximum absolute atomic E-state index is 8.55. The van der Waals surface area contributed by atoms with Gasteiger partial charge in [-0.25, -0.2) is 0 Å². The van der Waals surface area contributed by atoms with E-state index in [-0.39, 0.29) is 88.7 Å². The molecule has 0 bridgehead atoms. The molecule has 1 aromatic carbocycles. The van der Waals surface area contributed by atoms with Crippen LogP contribution in [0.2, 0.25) is 0 Å². The monoisotopic (exact) mass is 298 g/mol. The van der Waals surface area contributed by atoms with Gasteiger partial charge in [-0.3, -0.25) is 0 Å². The summed E-state index contributed by atoms with van der Waals surface area (Å²) in [4.78, 5) is 25.6. The van der Waals surface area contributed by atoms with Crippen LogP contribution in [0.15, 0.2) is 43.0 Å². The van der Waals surface area contributed by atoms with E-state index in [0.717, 1.165) is 5.75 Å². The first kappa shape index (κ1) is 28.1. The molecule has 0 unspecified atom stereocenters. The van der Waals surface area contributed by atoms with E-state index >= 15 is 0 Å². The largest absolute Gasteiger partial charge is 1.00 e. The van der Waals surface area contributed by atoms with E-state index in [4.69, 9.17) is 24.0 Å². The maximum Gasteiger partial charge on any atom is 1.00 e. The molecule has 0 atom stereocenters. The van der Waals surface area contributed by atoms with Crippen LogP contribution in [0.4, 0.5) is 0 Å². The molecule has 0 heterocycles. The molecule has 0 amide bonds. The summed E-state index contributed by atoms with van der Waals surface area (Å²) >= 11 is 0. The van der Waals surface area contributed by atoms with Gasteiger partial charge in [0.25, 0.3) is 0 Å². The Kier molecular flexibility index (Phi) is 26.4. The fraction of sp³-hybridized carbons (Fsp3) is 0.111. The second kappa shape index (κ2) is 16.9. The number of phosphoric acid groups is 1. The van der Waals surface area contributed by atoms with Crippen molar-refractivity contribution in [2.75, 3.05) is 6.61 Å². The third-order valence-corrected chi connectivity index (χ3v) is 1.11. The Hall–Kier alpha value is 1.87. The molecule has 0 aliphatic rings. The summed E-state index contributed by atoms with van der Waals surface area (Å²) in [7, 11) is -5.39. The Bertz CT molecular complexity index is 322. The number of hydrogen-bond donors (Lipinski definition) is 0. The van der Waals surface area contributed by atoms with Gasteiger partial charge >= 0.3 is 88.7 Å². The average Bonchev–Trinajstić information content (AvgIpc) is 2.14. The molecule has 0 radical (unpaired) electrons. The van der Waals surface area contributed by atoms with E-state index in [1.807, 2.05) is 30.3 Å². The molecule has 0 fully saturated rings. The van der Waals surface area contributed by atoms with E-state index in [2.05, 4.69) is 6.58 Å². The Labute approximate surface area is 173 Å². The first-order chi connectivity index (χ1) is 6.93. The fourth-order valence-electron chi connectivity index (χ4n) is 0.672. The van der Waals surface area contributed by atoms with E-state index in [1.54, 1.807) is 6.08 Å². The van der Waals surface area contributed by atoms with Gasteiger partial charge in [-0.1, -0.05) is 30.9 Å². The average molecular weight is 298 g/mol. The first-order valence-electron chi connectivity index (χ1n) is 3.95. The quantitative estimate of drug-likeness (QED) is 0.314. The van der Waals surface area contributed by atoms with Crippen LogP contribution in [-0.4, -0.2) is 6.61 Å². The summed E-state index contributed by atoms with van der Waals surface area (Å²) in [6.45, 7) is 4.12. The number of para-hydroxylation sites is 1. The van der Waals surface area contributed by atoms with Crippen LogP contribution in [0.3, 0.4) is 0 Å². The molecule has 18 heavy (non-hydrogen) atoms. The van der Waals surface area contributed by atoms with Crippen LogP contribution in [0.25, 0.3) is 0 Å². The molecule has 1 rings (SSSR count). The van der Waals surface area contributed by atoms with E-state index < -0.39 is 7.82 Å². The molecule has 0 saturated heterocycles. The fourth-order valence-corrected chi connectivity index (χ4v) is 0.672. The normalized spacial score (nSPS) is 8.17. The zero-order valence-electron chi connectivity index (χ0n) is 10.9. The second-order valence-electron chi connectivity index (χ2n) is 2.36. The van der Waals surface area contributed by atoms with Gasteiger partial charge in [-0.15, -0.1) is 0 Å². The van der Waals surface area contributed by atoms with Crippen molar-refractivity contribution in [1.29, 1.82) is 0 Å². The van der Waals surface area contributed by atoms with Crippen molar-refractivity contribution in [1.82, 2.24) is 0 Å². The summed E-state index contributed by atoms with van der Waals surface area (Å²) in [5, 5.41) is 0. The molecule has 9 heteroatoms. The van der Waals surface area contributed by atoms with Gasteiger partial charge in [0.15, 0.2) is 0 Å². The summed E-state index contributed by atoms with van der Waals surface area (Å²) in [5.74, 6) is 0.891. The molecular formula is C9H10Na3O5P. The summed E-state index contributed by atoms with van der Waals surface area (Å²) in [6, 6.07) is 9.69. The third kappa shape index (κ3) is 26.4. The number of hydrogen-bond acceptors (Lipinski definition) is 5. The van der Waals surface area contributed by atoms with Crippen molar-refractivity contribution in [2.24, 2.45) is 0 Å². The van der Waals surface area contributed by atoms with Gasteiger partial charge in [0, 0.05) is 0 Å². The standard InChI is InChI=1S/C9H10O.3Na.H3O4P/c1-2-8-10-9-6-4-3-5-7-9;;;;1-5(2,3)4/h2-7H,1,8H2;;;;(H3,1,2,3,4)/q;3*+1;/p-3. The van der Waals surface area contributed by atoms with Crippen LogP contribution >= 0.6 is 7.82 Å². The van der Waals surface area contributed by atoms with Crippen molar-refractivity contribution < 1.29 is 113 Å². The van der Waals surface area contributed by atoms with E-state index in [0.29, 0.717) is 6.61 Å². The minimum Gasteiger partial charge on any atom is -0.822 e. The smallest absolute Gasteiger partial charge is 0.822 e. The van der Waals surface area contributed by atoms with Crippen LogP contribution in [0.5, 0.6) is 5.75 Å². The minimum atomic E-state index is -5.39. The molecule has 5 nitrogen and oxygen atoms in total. The Morgan fingerprint density at radius 3 is 1.83 bits per heavy atom. The molecule has 0 aliphatic carbocycles.